The first kappa shape index (κ1) is 16.1. The Morgan fingerprint density at radius 1 is 0.960 bits per heavy atom. The first-order chi connectivity index (χ1) is 12.1. The fourth-order valence-corrected chi connectivity index (χ4v) is 4.60. The molecule has 0 aromatic heterocycles. The van der Waals surface area contributed by atoms with Gasteiger partial charge in [-0.2, -0.15) is 0 Å². The van der Waals surface area contributed by atoms with Crippen LogP contribution in [0.5, 0.6) is 0 Å². The van der Waals surface area contributed by atoms with Gasteiger partial charge >= 0.3 is 11.9 Å². The highest BCUT2D eigenvalue weighted by atomic mass is 16.5. The highest BCUT2D eigenvalue weighted by Crippen LogP contribution is 2.63. The fraction of sp³-hybridized carbons (Fsp3) is 0.450. The number of carbonyl (C=O) groups is 3. The quantitative estimate of drug-likeness (QED) is 0.467. The van der Waals surface area contributed by atoms with E-state index in [4.69, 9.17) is 9.47 Å². The van der Waals surface area contributed by atoms with Crippen LogP contribution in [0.1, 0.15) is 16.8 Å². The van der Waals surface area contributed by atoms with Crippen LogP contribution >= 0.6 is 0 Å². The van der Waals surface area contributed by atoms with Crippen LogP contribution in [-0.4, -0.2) is 31.4 Å². The van der Waals surface area contributed by atoms with E-state index in [-0.39, 0.29) is 30.2 Å². The number of ether oxygens (including phenoxy) is 2. The Morgan fingerprint density at radius 2 is 1.56 bits per heavy atom. The van der Waals surface area contributed by atoms with Crippen LogP contribution in [0.25, 0.3) is 0 Å². The van der Waals surface area contributed by atoms with Gasteiger partial charge in [0.05, 0.1) is 18.9 Å². The molecule has 1 aromatic carbocycles. The van der Waals surface area contributed by atoms with Crippen molar-refractivity contribution in [2.45, 2.75) is 6.42 Å². The molecule has 0 heterocycles. The molecular weight excluding hydrogens is 320 g/mol. The van der Waals surface area contributed by atoms with Gasteiger partial charge in [-0.1, -0.05) is 42.5 Å². The molecule has 4 aliphatic carbocycles. The summed E-state index contributed by atoms with van der Waals surface area (Å²) in [5, 5.41) is 0. The molecule has 5 nitrogen and oxygen atoms in total. The number of hydrogen-bond donors (Lipinski definition) is 0. The van der Waals surface area contributed by atoms with E-state index in [1.807, 2.05) is 12.1 Å². The Balaban J connectivity index is 1.48. The average molecular weight is 340 g/mol. The monoisotopic (exact) mass is 340 g/mol. The first-order valence-electron chi connectivity index (χ1n) is 8.63. The van der Waals surface area contributed by atoms with Crippen molar-refractivity contribution in [3.05, 3.63) is 48.0 Å². The molecule has 0 aliphatic heterocycles. The highest BCUT2D eigenvalue weighted by molar-refractivity contribution is 5.98. The van der Waals surface area contributed by atoms with Crippen LogP contribution in [0.3, 0.4) is 0 Å². The molecular formula is C20H20O5. The van der Waals surface area contributed by atoms with Crippen molar-refractivity contribution in [2.75, 3.05) is 13.7 Å². The van der Waals surface area contributed by atoms with Gasteiger partial charge in [-0.05, 0) is 30.1 Å². The third-order valence-electron chi connectivity index (χ3n) is 5.84. The van der Waals surface area contributed by atoms with Gasteiger partial charge in [0.2, 0.25) is 0 Å². The van der Waals surface area contributed by atoms with Crippen molar-refractivity contribution in [1.29, 1.82) is 0 Å². The minimum Gasteiger partial charge on any atom is -0.469 e. The summed E-state index contributed by atoms with van der Waals surface area (Å²) in [5.41, 5.74) is 0.507. The molecule has 0 unspecified atom stereocenters. The Hall–Kier alpha value is -2.43. The number of esters is 2. The second-order valence-corrected chi connectivity index (χ2v) is 7.07. The minimum absolute atomic E-state index is 0.0124. The van der Waals surface area contributed by atoms with Crippen molar-refractivity contribution in [3.63, 3.8) is 0 Å². The summed E-state index contributed by atoms with van der Waals surface area (Å²) in [4.78, 5) is 37.1. The molecule has 5 rings (SSSR count). The lowest BCUT2D eigenvalue weighted by atomic mass is 9.62. The number of Topliss-reactive ketones (excluding diaryl/α,β-unsaturated/α-hetero) is 1. The van der Waals surface area contributed by atoms with Gasteiger partial charge in [-0.25, -0.2) is 0 Å². The van der Waals surface area contributed by atoms with Crippen LogP contribution in [-0.2, 0) is 19.1 Å². The lowest BCUT2D eigenvalue weighted by Gasteiger charge is -2.41. The number of rotatable bonds is 5. The Labute approximate surface area is 146 Å². The van der Waals surface area contributed by atoms with Gasteiger partial charge in [0, 0.05) is 5.56 Å². The normalized spacial score (nSPS) is 34.1. The summed E-state index contributed by atoms with van der Waals surface area (Å²) in [6.07, 6.45) is 5.14. The van der Waals surface area contributed by atoms with Gasteiger partial charge in [-0.15, -0.1) is 0 Å². The van der Waals surface area contributed by atoms with Gasteiger partial charge in [0.1, 0.15) is 0 Å². The Kier molecular flexibility index (Phi) is 3.94. The molecule has 130 valence electrons. The molecule has 6 atom stereocenters. The lowest BCUT2D eigenvalue weighted by molar-refractivity contribution is -0.165. The number of methoxy groups -OCH3 is 1. The maximum absolute atomic E-state index is 12.7. The van der Waals surface area contributed by atoms with Gasteiger partial charge in [0.25, 0.3) is 0 Å². The van der Waals surface area contributed by atoms with E-state index in [0.29, 0.717) is 17.4 Å². The Morgan fingerprint density at radius 3 is 2.16 bits per heavy atom. The van der Waals surface area contributed by atoms with E-state index >= 15 is 0 Å². The van der Waals surface area contributed by atoms with Crippen LogP contribution in [0, 0.1) is 35.5 Å². The minimum atomic E-state index is -0.547. The van der Waals surface area contributed by atoms with Crippen LogP contribution < -0.4 is 0 Å². The third-order valence-corrected chi connectivity index (χ3v) is 5.84. The fourth-order valence-electron chi connectivity index (χ4n) is 4.60. The zero-order valence-corrected chi connectivity index (χ0v) is 14.0. The van der Waals surface area contributed by atoms with Gasteiger partial charge in [0.15, 0.2) is 12.4 Å². The number of ketones is 1. The number of hydrogen-bond acceptors (Lipinski definition) is 5. The molecule has 2 bridgehead atoms. The highest BCUT2D eigenvalue weighted by Gasteiger charge is 2.63. The molecule has 0 radical (unpaired) electrons. The average Bonchev–Trinajstić information content (AvgIpc) is 3.47. The van der Waals surface area contributed by atoms with Crippen LogP contribution in [0.2, 0.25) is 0 Å². The molecule has 4 aliphatic rings. The molecule has 0 saturated heterocycles. The summed E-state index contributed by atoms with van der Waals surface area (Å²) in [5.74, 6) is -1.12. The summed E-state index contributed by atoms with van der Waals surface area (Å²) in [7, 11) is 1.35. The van der Waals surface area contributed by atoms with E-state index in [1.165, 1.54) is 7.11 Å². The number of carbonyl (C=O) groups excluding carboxylic acids is 3. The standard InChI is InChI=1S/C20H20O5/c1-24-19(22)17-12-7-8-13(15-9-14(12)15)18(17)20(23)25-10-16(21)11-5-3-2-4-6-11/h2-8,12-15,17-18H,9-10H2,1H3/t12-,13+,14+,15+,17+,18-/m0/s1. The first-order valence-corrected chi connectivity index (χ1v) is 8.63. The summed E-state index contributed by atoms with van der Waals surface area (Å²) >= 11 is 0. The third kappa shape index (κ3) is 2.68. The van der Waals surface area contributed by atoms with E-state index in [9.17, 15) is 14.4 Å². The van der Waals surface area contributed by atoms with Crippen molar-refractivity contribution in [3.8, 4) is 0 Å². The topological polar surface area (TPSA) is 69.7 Å². The maximum Gasteiger partial charge on any atom is 0.310 e. The molecule has 0 amide bonds. The Bertz CT molecular complexity index is 738. The van der Waals surface area contributed by atoms with Gasteiger partial charge in [-0.3, -0.25) is 14.4 Å². The smallest absolute Gasteiger partial charge is 0.310 e. The van der Waals surface area contributed by atoms with Crippen molar-refractivity contribution in [1.82, 2.24) is 0 Å². The van der Waals surface area contributed by atoms with Crippen LogP contribution in [0.4, 0.5) is 0 Å². The maximum atomic E-state index is 12.7. The zero-order valence-electron chi connectivity index (χ0n) is 14.0. The molecule has 2 saturated carbocycles. The van der Waals surface area contributed by atoms with Crippen molar-refractivity contribution in [2.24, 2.45) is 35.5 Å². The molecule has 1 aromatic rings. The van der Waals surface area contributed by atoms with E-state index in [1.54, 1.807) is 24.3 Å². The molecule has 0 spiro atoms. The van der Waals surface area contributed by atoms with Crippen molar-refractivity contribution < 1.29 is 23.9 Å². The second-order valence-electron chi connectivity index (χ2n) is 7.07. The number of allylic oxidation sites excluding steroid dienone is 2. The predicted molar refractivity (Wildman–Crippen MR) is 88.4 cm³/mol. The van der Waals surface area contributed by atoms with E-state index in [2.05, 4.69) is 6.08 Å². The summed E-state index contributed by atoms with van der Waals surface area (Å²) < 4.78 is 10.2. The van der Waals surface area contributed by atoms with Crippen molar-refractivity contribution >= 4 is 17.7 Å². The molecule has 2 fully saturated rings. The van der Waals surface area contributed by atoms with E-state index < -0.39 is 17.8 Å². The number of benzene rings is 1. The zero-order chi connectivity index (χ0) is 17.6. The second kappa shape index (κ2) is 6.14. The van der Waals surface area contributed by atoms with Crippen LogP contribution in [0.15, 0.2) is 42.5 Å². The molecule has 25 heavy (non-hydrogen) atoms. The summed E-state index contributed by atoms with van der Waals surface area (Å²) in [6, 6.07) is 8.73. The molecule has 5 heteroatoms. The largest absolute Gasteiger partial charge is 0.469 e. The summed E-state index contributed by atoms with van der Waals surface area (Å²) in [6.45, 7) is -0.303. The van der Waals surface area contributed by atoms with E-state index in [0.717, 1.165) is 6.42 Å². The SMILES string of the molecule is COC(=O)[C@@H]1[C@H]2C=C[C@H]([C@H]3C[C@H]23)[C@@H]1C(=O)OCC(=O)c1ccccc1. The molecule has 0 N–H and O–H groups in total. The number of fused-ring (bicyclic) bond motifs is 1. The van der Waals surface area contributed by atoms with Gasteiger partial charge < -0.3 is 9.47 Å². The lowest BCUT2D eigenvalue weighted by Crippen LogP contribution is -2.47. The predicted octanol–water partition coefficient (Wildman–Crippen LogP) is 2.27.